The molecule has 0 bridgehead atoms. The molecule has 6 nitrogen and oxygen atoms in total. The van der Waals surface area contributed by atoms with Gasteiger partial charge in [-0.25, -0.2) is 0 Å². The van der Waals surface area contributed by atoms with E-state index in [9.17, 15) is 9.59 Å². The first-order chi connectivity index (χ1) is 11.9. The molecule has 2 aliphatic rings. The molecule has 1 aromatic carbocycles. The highest BCUT2D eigenvalue weighted by atomic mass is 32.2. The Kier molecular flexibility index (Phi) is 5.32. The number of anilines is 2. The number of fused-ring (bicyclic) bond motifs is 1. The average molecular weight is 361 g/mol. The zero-order valence-electron chi connectivity index (χ0n) is 14.7. The smallest absolute Gasteiger partial charge is 0.265 e. The van der Waals surface area contributed by atoms with E-state index in [0.717, 1.165) is 12.3 Å². The van der Waals surface area contributed by atoms with Crippen LogP contribution in [0.4, 0.5) is 11.4 Å². The van der Waals surface area contributed by atoms with Gasteiger partial charge in [0.15, 0.2) is 6.10 Å². The van der Waals surface area contributed by atoms with Gasteiger partial charge in [-0.1, -0.05) is 6.92 Å². The molecular formula is C18H23N3O3S. The lowest BCUT2D eigenvalue weighted by Gasteiger charge is -2.23. The van der Waals surface area contributed by atoms with Crippen LogP contribution in [-0.4, -0.2) is 41.7 Å². The summed E-state index contributed by atoms with van der Waals surface area (Å²) in [5.41, 5.74) is 2.43. The molecule has 2 amide bonds. The summed E-state index contributed by atoms with van der Waals surface area (Å²) in [6.45, 7) is 6.86. The third-order valence-corrected chi connectivity index (χ3v) is 5.64. The first kappa shape index (κ1) is 17.8. The topological polar surface area (TPSA) is 79.8 Å². The second kappa shape index (κ2) is 7.47. The van der Waals surface area contributed by atoms with Gasteiger partial charge in [0.1, 0.15) is 5.75 Å². The molecule has 0 aliphatic carbocycles. The largest absolute Gasteiger partial charge is 0.479 e. The second-order valence-corrected chi connectivity index (χ2v) is 7.62. The fourth-order valence-corrected chi connectivity index (χ4v) is 4.19. The van der Waals surface area contributed by atoms with E-state index >= 15 is 0 Å². The number of carbonyl (C=O) groups is 2. The van der Waals surface area contributed by atoms with Crippen molar-refractivity contribution in [1.29, 1.82) is 0 Å². The van der Waals surface area contributed by atoms with Crippen LogP contribution in [0.3, 0.4) is 0 Å². The van der Waals surface area contributed by atoms with Crippen molar-refractivity contribution in [1.82, 2.24) is 0 Å². The van der Waals surface area contributed by atoms with Crippen LogP contribution in [0.1, 0.15) is 20.8 Å². The molecule has 1 aromatic rings. The summed E-state index contributed by atoms with van der Waals surface area (Å²) in [7, 11) is 0. The van der Waals surface area contributed by atoms with Crippen LogP contribution in [0, 0.1) is 11.8 Å². The summed E-state index contributed by atoms with van der Waals surface area (Å²) in [4.78, 5) is 28.3. The molecule has 0 saturated heterocycles. The quantitative estimate of drug-likeness (QED) is 0.845. The maximum atomic E-state index is 12.2. The van der Waals surface area contributed by atoms with E-state index in [-0.39, 0.29) is 11.8 Å². The predicted molar refractivity (Wildman–Crippen MR) is 102 cm³/mol. The number of rotatable bonds is 5. The van der Waals surface area contributed by atoms with Crippen molar-refractivity contribution in [3.63, 3.8) is 0 Å². The van der Waals surface area contributed by atoms with E-state index in [4.69, 9.17) is 4.74 Å². The highest BCUT2D eigenvalue weighted by Gasteiger charge is 2.25. The van der Waals surface area contributed by atoms with Gasteiger partial charge < -0.3 is 15.4 Å². The lowest BCUT2D eigenvalue weighted by atomic mass is 9.96. The number of carbonyl (C=O) groups excluding carboxylic acids is 2. The number of hydrogen-bond donors (Lipinski definition) is 2. The molecule has 134 valence electrons. The Balaban J connectivity index is 1.51. The number of aliphatic imine (C=N–C) groups is 1. The molecular weight excluding hydrogens is 338 g/mol. The highest BCUT2D eigenvalue weighted by Crippen LogP contribution is 2.32. The summed E-state index contributed by atoms with van der Waals surface area (Å²) < 4.78 is 5.51. The molecule has 25 heavy (non-hydrogen) atoms. The van der Waals surface area contributed by atoms with Gasteiger partial charge in [0.2, 0.25) is 5.91 Å². The molecule has 0 fully saturated rings. The van der Waals surface area contributed by atoms with Crippen molar-refractivity contribution < 1.29 is 14.3 Å². The summed E-state index contributed by atoms with van der Waals surface area (Å²) in [6, 6.07) is 5.26. The lowest BCUT2D eigenvalue weighted by molar-refractivity contribution is -0.122. The van der Waals surface area contributed by atoms with Crippen molar-refractivity contribution in [2.24, 2.45) is 16.8 Å². The Labute approximate surface area is 151 Å². The molecule has 0 radical (unpaired) electrons. The SMILES string of the molecule is CC1=NCC(C)C1CSCC(=O)Nc1ccc2c(c1)NC(=O)C(C)O2. The summed E-state index contributed by atoms with van der Waals surface area (Å²) in [5.74, 6) is 2.71. The third kappa shape index (κ3) is 4.15. The number of nitrogens with zero attached hydrogens (tertiary/aromatic N) is 1. The first-order valence-corrected chi connectivity index (χ1v) is 9.59. The van der Waals surface area contributed by atoms with E-state index in [1.165, 1.54) is 5.71 Å². The van der Waals surface area contributed by atoms with Gasteiger partial charge in [-0.05, 0) is 38.0 Å². The van der Waals surface area contributed by atoms with Crippen LogP contribution in [-0.2, 0) is 9.59 Å². The molecule has 3 atom stereocenters. The van der Waals surface area contributed by atoms with Crippen molar-refractivity contribution in [3.05, 3.63) is 18.2 Å². The van der Waals surface area contributed by atoms with Crippen LogP contribution in [0.5, 0.6) is 5.75 Å². The molecule has 2 heterocycles. The lowest BCUT2D eigenvalue weighted by Crippen LogP contribution is -2.34. The van der Waals surface area contributed by atoms with Crippen LogP contribution in [0.25, 0.3) is 0 Å². The normalized spacial score (nSPS) is 24.8. The fourth-order valence-electron chi connectivity index (χ4n) is 2.99. The minimum atomic E-state index is -0.505. The standard InChI is InChI=1S/C18H23N3O3S/c1-10-7-19-11(2)14(10)8-25-9-17(22)20-13-4-5-16-15(6-13)21-18(23)12(3)24-16/h4-6,10,12,14H,7-9H2,1-3H3,(H,20,22)(H,21,23). The Hall–Kier alpha value is -2.02. The minimum Gasteiger partial charge on any atom is -0.479 e. The highest BCUT2D eigenvalue weighted by molar-refractivity contribution is 8.00. The third-order valence-electron chi connectivity index (χ3n) is 4.58. The number of hydrogen-bond acceptors (Lipinski definition) is 5. The van der Waals surface area contributed by atoms with Crippen LogP contribution >= 0.6 is 11.8 Å². The van der Waals surface area contributed by atoms with E-state index in [1.54, 1.807) is 36.9 Å². The predicted octanol–water partition coefficient (Wildman–Crippen LogP) is 2.80. The van der Waals surface area contributed by atoms with E-state index in [2.05, 4.69) is 29.5 Å². The molecule has 0 aromatic heterocycles. The van der Waals surface area contributed by atoms with Gasteiger partial charge in [-0.15, -0.1) is 0 Å². The van der Waals surface area contributed by atoms with Crippen LogP contribution < -0.4 is 15.4 Å². The van der Waals surface area contributed by atoms with E-state index < -0.39 is 6.10 Å². The average Bonchev–Trinajstić information content (AvgIpc) is 2.88. The van der Waals surface area contributed by atoms with Gasteiger partial charge in [-0.2, -0.15) is 11.8 Å². The van der Waals surface area contributed by atoms with Crippen molar-refractivity contribution in [2.75, 3.05) is 28.7 Å². The molecule has 3 rings (SSSR count). The fraction of sp³-hybridized carbons (Fsp3) is 0.500. The number of thioether (sulfide) groups is 1. The van der Waals surface area contributed by atoms with Gasteiger partial charge >= 0.3 is 0 Å². The Morgan fingerprint density at radius 3 is 2.96 bits per heavy atom. The first-order valence-electron chi connectivity index (χ1n) is 8.44. The molecule has 0 spiro atoms. The molecule has 2 aliphatic heterocycles. The zero-order valence-corrected chi connectivity index (χ0v) is 15.5. The van der Waals surface area contributed by atoms with E-state index in [0.29, 0.717) is 34.7 Å². The summed E-state index contributed by atoms with van der Waals surface area (Å²) in [6.07, 6.45) is -0.505. The van der Waals surface area contributed by atoms with Gasteiger partial charge in [0.25, 0.3) is 5.91 Å². The zero-order chi connectivity index (χ0) is 18.0. The van der Waals surface area contributed by atoms with E-state index in [1.807, 2.05) is 0 Å². The van der Waals surface area contributed by atoms with Crippen molar-refractivity contribution in [3.8, 4) is 5.75 Å². The van der Waals surface area contributed by atoms with Crippen LogP contribution in [0.2, 0.25) is 0 Å². The number of nitrogens with one attached hydrogen (secondary N) is 2. The second-order valence-electron chi connectivity index (χ2n) is 6.59. The summed E-state index contributed by atoms with van der Waals surface area (Å²) >= 11 is 1.63. The Morgan fingerprint density at radius 2 is 2.24 bits per heavy atom. The maximum Gasteiger partial charge on any atom is 0.265 e. The maximum absolute atomic E-state index is 12.2. The Morgan fingerprint density at radius 1 is 1.44 bits per heavy atom. The molecule has 2 N–H and O–H groups in total. The Bertz CT molecular complexity index is 720. The molecule has 7 heteroatoms. The van der Waals surface area contributed by atoms with Crippen molar-refractivity contribution in [2.45, 2.75) is 26.9 Å². The van der Waals surface area contributed by atoms with Gasteiger partial charge in [-0.3, -0.25) is 14.6 Å². The minimum absolute atomic E-state index is 0.0541. The van der Waals surface area contributed by atoms with Crippen molar-refractivity contribution >= 4 is 40.7 Å². The molecule has 0 saturated carbocycles. The van der Waals surface area contributed by atoms with Crippen LogP contribution in [0.15, 0.2) is 23.2 Å². The van der Waals surface area contributed by atoms with Gasteiger partial charge in [0, 0.05) is 29.6 Å². The number of amides is 2. The monoisotopic (exact) mass is 361 g/mol. The van der Waals surface area contributed by atoms with Gasteiger partial charge in [0.05, 0.1) is 11.4 Å². The number of ether oxygens (including phenoxy) is 1. The summed E-state index contributed by atoms with van der Waals surface area (Å²) in [5, 5.41) is 5.65. The number of benzene rings is 1. The molecule has 3 unspecified atom stereocenters.